The Kier molecular flexibility index (Phi) is 3.28. The van der Waals surface area contributed by atoms with E-state index in [0.717, 1.165) is 17.9 Å². The minimum Gasteiger partial charge on any atom is -0.397 e. The zero-order valence-corrected chi connectivity index (χ0v) is 10.2. The maximum Gasteiger partial charge on any atom is 0.0579 e. The maximum atomic E-state index is 5.98. The van der Waals surface area contributed by atoms with Crippen LogP contribution >= 0.6 is 0 Å². The van der Waals surface area contributed by atoms with Gasteiger partial charge < -0.3 is 11.1 Å². The molecule has 3 nitrogen and oxygen atoms in total. The Morgan fingerprint density at radius 1 is 1.12 bits per heavy atom. The second-order valence-corrected chi connectivity index (χ2v) is 4.23. The summed E-state index contributed by atoms with van der Waals surface area (Å²) in [5, 5.41) is 3.34. The molecule has 0 amide bonds. The van der Waals surface area contributed by atoms with Crippen LogP contribution in [-0.2, 0) is 6.54 Å². The molecule has 17 heavy (non-hydrogen) atoms. The lowest BCUT2D eigenvalue weighted by Crippen LogP contribution is -2.03. The summed E-state index contributed by atoms with van der Waals surface area (Å²) in [6, 6.07) is 8.07. The quantitative estimate of drug-likeness (QED) is 0.793. The van der Waals surface area contributed by atoms with E-state index in [9.17, 15) is 0 Å². The van der Waals surface area contributed by atoms with Gasteiger partial charge >= 0.3 is 0 Å². The van der Waals surface area contributed by atoms with Crippen LogP contribution in [0, 0.1) is 13.8 Å². The summed E-state index contributed by atoms with van der Waals surface area (Å²) in [7, 11) is 0. The second-order valence-electron chi connectivity index (χ2n) is 4.23. The van der Waals surface area contributed by atoms with Crippen molar-refractivity contribution in [2.24, 2.45) is 0 Å². The van der Waals surface area contributed by atoms with Crippen molar-refractivity contribution in [2.75, 3.05) is 11.1 Å². The predicted octanol–water partition coefficient (Wildman–Crippen LogP) is 2.89. The van der Waals surface area contributed by atoms with Gasteiger partial charge in [0.05, 0.1) is 11.4 Å². The first-order chi connectivity index (χ1) is 8.16. The molecule has 0 saturated heterocycles. The van der Waals surface area contributed by atoms with Crippen molar-refractivity contribution >= 4 is 11.4 Å². The summed E-state index contributed by atoms with van der Waals surface area (Å²) < 4.78 is 0. The van der Waals surface area contributed by atoms with Crippen LogP contribution in [0.1, 0.15) is 16.7 Å². The van der Waals surface area contributed by atoms with Crippen molar-refractivity contribution in [2.45, 2.75) is 20.4 Å². The Morgan fingerprint density at radius 3 is 2.47 bits per heavy atom. The molecule has 3 heteroatoms. The van der Waals surface area contributed by atoms with E-state index >= 15 is 0 Å². The van der Waals surface area contributed by atoms with Gasteiger partial charge in [0.15, 0.2) is 0 Å². The molecule has 0 bridgehead atoms. The molecule has 0 aliphatic carbocycles. The fourth-order valence-corrected chi connectivity index (χ4v) is 1.69. The van der Waals surface area contributed by atoms with Crippen LogP contribution in [0.25, 0.3) is 0 Å². The van der Waals surface area contributed by atoms with Crippen molar-refractivity contribution in [3.05, 3.63) is 53.3 Å². The number of aryl methyl sites for hydroxylation is 2. The third kappa shape index (κ3) is 2.75. The first-order valence-electron chi connectivity index (χ1n) is 5.66. The lowest BCUT2D eigenvalue weighted by Gasteiger charge is -2.12. The molecule has 0 fully saturated rings. The molecule has 1 aromatic carbocycles. The van der Waals surface area contributed by atoms with Crippen molar-refractivity contribution in [1.29, 1.82) is 0 Å². The molecule has 2 rings (SSSR count). The number of anilines is 2. The fraction of sp³-hybridized carbons (Fsp3) is 0.214. The molecule has 0 unspecified atom stereocenters. The molecule has 2 aromatic rings. The van der Waals surface area contributed by atoms with E-state index in [-0.39, 0.29) is 0 Å². The summed E-state index contributed by atoms with van der Waals surface area (Å²) in [6.45, 7) is 4.92. The number of rotatable bonds is 3. The van der Waals surface area contributed by atoms with Crippen LogP contribution in [0.2, 0.25) is 0 Å². The average molecular weight is 227 g/mol. The molecular formula is C14H17N3. The van der Waals surface area contributed by atoms with Gasteiger partial charge in [-0.05, 0) is 54.8 Å². The van der Waals surface area contributed by atoms with Gasteiger partial charge in [-0.2, -0.15) is 0 Å². The Balaban J connectivity index is 2.12. The van der Waals surface area contributed by atoms with Gasteiger partial charge in [0.2, 0.25) is 0 Å². The van der Waals surface area contributed by atoms with Gasteiger partial charge in [0.1, 0.15) is 0 Å². The second kappa shape index (κ2) is 4.87. The van der Waals surface area contributed by atoms with Gasteiger partial charge in [-0.1, -0.05) is 0 Å². The number of nitrogens with zero attached hydrogens (tertiary/aromatic N) is 1. The SMILES string of the molecule is Cc1cc(N)c(NCc2ccncc2)cc1C. The number of aromatic nitrogens is 1. The Morgan fingerprint density at radius 2 is 1.76 bits per heavy atom. The Labute approximate surface area is 102 Å². The molecule has 3 N–H and O–H groups in total. The smallest absolute Gasteiger partial charge is 0.0579 e. The van der Waals surface area contributed by atoms with E-state index < -0.39 is 0 Å². The highest BCUT2D eigenvalue weighted by Crippen LogP contribution is 2.23. The number of hydrogen-bond donors (Lipinski definition) is 2. The number of nitrogens with two attached hydrogens (primary N) is 1. The normalized spacial score (nSPS) is 10.2. The monoisotopic (exact) mass is 227 g/mol. The van der Waals surface area contributed by atoms with Crippen molar-refractivity contribution < 1.29 is 0 Å². The summed E-state index contributed by atoms with van der Waals surface area (Å²) in [4.78, 5) is 3.99. The van der Waals surface area contributed by atoms with Crippen LogP contribution in [0.4, 0.5) is 11.4 Å². The maximum absolute atomic E-state index is 5.98. The van der Waals surface area contributed by atoms with Gasteiger partial charge in [-0.25, -0.2) is 0 Å². The first kappa shape index (κ1) is 11.5. The topological polar surface area (TPSA) is 50.9 Å². The zero-order valence-electron chi connectivity index (χ0n) is 10.2. The number of nitrogens with one attached hydrogen (secondary N) is 1. The van der Waals surface area contributed by atoms with E-state index in [0.29, 0.717) is 0 Å². The van der Waals surface area contributed by atoms with Gasteiger partial charge in [-0.15, -0.1) is 0 Å². The summed E-state index contributed by atoms with van der Waals surface area (Å²) in [6.07, 6.45) is 3.58. The van der Waals surface area contributed by atoms with E-state index in [1.807, 2.05) is 18.2 Å². The number of pyridine rings is 1. The van der Waals surface area contributed by atoms with Crippen LogP contribution < -0.4 is 11.1 Å². The molecule has 1 heterocycles. The lowest BCUT2D eigenvalue weighted by molar-refractivity contribution is 1.12. The van der Waals surface area contributed by atoms with Crippen molar-refractivity contribution in [3.63, 3.8) is 0 Å². The van der Waals surface area contributed by atoms with Crippen LogP contribution in [0.3, 0.4) is 0 Å². The summed E-state index contributed by atoms with van der Waals surface area (Å²) >= 11 is 0. The van der Waals surface area contributed by atoms with E-state index in [1.54, 1.807) is 12.4 Å². The van der Waals surface area contributed by atoms with Gasteiger partial charge in [0, 0.05) is 18.9 Å². The standard InChI is InChI=1S/C14H17N3/c1-10-7-13(15)14(8-11(10)2)17-9-12-3-5-16-6-4-12/h3-8,17H,9,15H2,1-2H3. The average Bonchev–Trinajstić information content (AvgIpc) is 2.33. The van der Waals surface area contributed by atoms with E-state index in [2.05, 4.69) is 30.2 Å². The third-order valence-corrected chi connectivity index (χ3v) is 2.90. The van der Waals surface area contributed by atoms with Gasteiger partial charge in [-0.3, -0.25) is 4.98 Å². The van der Waals surface area contributed by atoms with E-state index in [1.165, 1.54) is 16.7 Å². The van der Waals surface area contributed by atoms with E-state index in [4.69, 9.17) is 5.73 Å². The molecule has 88 valence electrons. The number of hydrogen-bond acceptors (Lipinski definition) is 3. The minimum atomic E-state index is 0.759. The van der Waals surface area contributed by atoms with Crippen molar-refractivity contribution in [3.8, 4) is 0 Å². The predicted molar refractivity (Wildman–Crippen MR) is 71.9 cm³/mol. The molecule has 0 spiro atoms. The fourth-order valence-electron chi connectivity index (χ4n) is 1.69. The molecule has 0 atom stereocenters. The van der Waals surface area contributed by atoms with Crippen LogP contribution in [-0.4, -0.2) is 4.98 Å². The number of nitrogen functional groups attached to an aromatic ring is 1. The largest absolute Gasteiger partial charge is 0.397 e. The number of benzene rings is 1. The lowest BCUT2D eigenvalue weighted by atomic mass is 10.1. The molecule has 1 aromatic heterocycles. The summed E-state index contributed by atoms with van der Waals surface area (Å²) in [5.74, 6) is 0. The summed E-state index contributed by atoms with van der Waals surface area (Å²) in [5.41, 5.74) is 11.4. The molecule has 0 aliphatic rings. The zero-order chi connectivity index (χ0) is 12.3. The van der Waals surface area contributed by atoms with Crippen molar-refractivity contribution in [1.82, 2.24) is 4.98 Å². The third-order valence-electron chi connectivity index (χ3n) is 2.90. The van der Waals surface area contributed by atoms with Crippen LogP contribution in [0.15, 0.2) is 36.7 Å². The highest BCUT2D eigenvalue weighted by molar-refractivity contribution is 5.68. The first-order valence-corrected chi connectivity index (χ1v) is 5.66. The molecule has 0 radical (unpaired) electrons. The van der Waals surface area contributed by atoms with Crippen LogP contribution in [0.5, 0.6) is 0 Å². The van der Waals surface area contributed by atoms with Gasteiger partial charge in [0.25, 0.3) is 0 Å². The molecule has 0 saturated carbocycles. The molecule has 0 aliphatic heterocycles. The Bertz CT molecular complexity index is 506. The highest BCUT2D eigenvalue weighted by atomic mass is 14.9. The Hall–Kier alpha value is -2.03. The minimum absolute atomic E-state index is 0.759. The highest BCUT2D eigenvalue weighted by Gasteiger charge is 2.02. The molecular weight excluding hydrogens is 210 g/mol.